The van der Waals surface area contributed by atoms with Gasteiger partial charge >= 0.3 is 0 Å². The molecule has 0 atom stereocenters. The van der Waals surface area contributed by atoms with Crippen LogP contribution in [-0.4, -0.2) is 13.6 Å². The molecule has 1 aromatic heterocycles. The molecule has 0 fully saturated rings. The highest BCUT2D eigenvalue weighted by Crippen LogP contribution is 2.09. The first-order valence-electron chi connectivity index (χ1n) is 2.61. The normalized spacial score (nSPS) is 14.7. The monoisotopic (exact) mass is 232 g/mol. The highest BCUT2D eigenvalue weighted by Gasteiger charge is 1.95. The molecular weight excluding hydrogens is 227 g/mol. The van der Waals surface area contributed by atoms with Gasteiger partial charge in [0, 0.05) is 22.6 Å². The summed E-state index contributed by atoms with van der Waals surface area (Å²) >= 11 is 0.163. The van der Waals surface area contributed by atoms with E-state index in [1.165, 1.54) is 0 Å². The molecule has 2 heterocycles. The van der Waals surface area contributed by atoms with Crippen molar-refractivity contribution in [2.75, 3.05) is 0 Å². The fourth-order valence-electron chi connectivity index (χ4n) is 0.721. The predicted molar refractivity (Wildman–Crippen MR) is 46.7 cm³/mol. The van der Waals surface area contributed by atoms with E-state index in [2.05, 4.69) is 19.3 Å². The third kappa shape index (κ3) is 0.849. The zero-order chi connectivity index (χ0) is 6.10. The first kappa shape index (κ1) is 5.34. The summed E-state index contributed by atoms with van der Waals surface area (Å²) in [6.07, 6.45) is 5.87. The van der Waals surface area contributed by atoms with Crippen molar-refractivity contribution in [3.05, 3.63) is 22.3 Å². The lowest BCUT2D eigenvalue weighted by Gasteiger charge is -1.97. The van der Waals surface area contributed by atoms with Crippen LogP contribution in [0, 0.1) is 0 Å². The number of aromatic nitrogens is 2. The second-order valence-corrected chi connectivity index (χ2v) is 3.76. The molecule has 2 rings (SSSR count). The summed E-state index contributed by atoms with van der Waals surface area (Å²) in [6, 6.07) is 0. The molecule has 0 N–H and O–H groups in total. The molecule has 0 saturated heterocycles. The number of halogens is 1. The highest BCUT2D eigenvalue weighted by molar-refractivity contribution is 14.2. The smallest absolute Gasteiger partial charge is 0.142 e. The largest absolute Gasteiger partial charge is 0.306 e. The van der Waals surface area contributed by atoms with Crippen LogP contribution >= 0.6 is 20.7 Å². The first-order valence-corrected chi connectivity index (χ1v) is 5.10. The summed E-state index contributed by atoms with van der Waals surface area (Å²) in [7, 11) is 0. The van der Waals surface area contributed by atoms with Gasteiger partial charge in [-0.15, -0.1) is 0 Å². The topological polar surface area (TPSA) is 17.8 Å². The Morgan fingerprint density at radius 2 is 2.56 bits per heavy atom. The van der Waals surface area contributed by atoms with E-state index in [1.807, 2.05) is 17.0 Å². The highest BCUT2D eigenvalue weighted by atomic mass is 127. The van der Waals surface area contributed by atoms with Gasteiger partial charge in [0.25, 0.3) is 0 Å². The van der Waals surface area contributed by atoms with E-state index in [0.717, 1.165) is 5.82 Å². The quantitative estimate of drug-likeness (QED) is 0.619. The van der Waals surface area contributed by atoms with Gasteiger partial charge in [-0.3, -0.25) is 0 Å². The standard InChI is InChI=1S/C6H5IN2/c1-3-9-4-2-8-6(9)5-7-1/h1-5H. The Bertz CT molecular complexity index is 246. The fraction of sp³-hybridized carbons (Fsp3) is 0. The lowest BCUT2D eigenvalue weighted by molar-refractivity contribution is 1.12. The van der Waals surface area contributed by atoms with Crippen LogP contribution < -0.4 is 0 Å². The van der Waals surface area contributed by atoms with Crippen LogP contribution in [0.2, 0.25) is 0 Å². The molecule has 1 aliphatic rings. The maximum atomic E-state index is 4.14. The van der Waals surface area contributed by atoms with Crippen LogP contribution in [0.25, 0.3) is 6.20 Å². The minimum atomic E-state index is 0.163. The number of imidazole rings is 1. The average molecular weight is 232 g/mol. The van der Waals surface area contributed by atoms with Gasteiger partial charge in [0.15, 0.2) is 0 Å². The minimum absolute atomic E-state index is 0.163. The molecule has 0 amide bonds. The van der Waals surface area contributed by atoms with E-state index >= 15 is 0 Å². The van der Waals surface area contributed by atoms with Crippen molar-refractivity contribution < 1.29 is 0 Å². The minimum Gasteiger partial charge on any atom is -0.306 e. The zero-order valence-electron chi connectivity index (χ0n) is 4.66. The summed E-state index contributed by atoms with van der Waals surface area (Å²) in [5, 5.41) is 0. The molecule has 0 aliphatic carbocycles. The molecule has 0 radical (unpaired) electrons. The van der Waals surface area contributed by atoms with E-state index in [4.69, 9.17) is 0 Å². The van der Waals surface area contributed by atoms with Crippen molar-refractivity contribution in [3.63, 3.8) is 0 Å². The van der Waals surface area contributed by atoms with E-state index in [9.17, 15) is 0 Å². The van der Waals surface area contributed by atoms with Crippen LogP contribution in [0.15, 0.2) is 16.5 Å². The van der Waals surface area contributed by atoms with Gasteiger partial charge in [0.1, 0.15) is 5.82 Å². The van der Waals surface area contributed by atoms with E-state index < -0.39 is 0 Å². The van der Waals surface area contributed by atoms with Gasteiger partial charge in [-0.25, -0.2) is 4.98 Å². The number of nitrogens with zero attached hydrogens (tertiary/aromatic N) is 2. The van der Waals surface area contributed by atoms with Gasteiger partial charge in [0.2, 0.25) is 0 Å². The Morgan fingerprint density at radius 1 is 1.56 bits per heavy atom. The van der Waals surface area contributed by atoms with Gasteiger partial charge < -0.3 is 4.57 Å². The Morgan fingerprint density at radius 3 is 3.44 bits per heavy atom. The summed E-state index contributed by atoms with van der Waals surface area (Å²) < 4.78 is 6.45. The fourth-order valence-corrected chi connectivity index (χ4v) is 2.26. The summed E-state index contributed by atoms with van der Waals surface area (Å²) in [5.41, 5.74) is 0. The number of hydrogen-bond acceptors (Lipinski definition) is 1. The average Bonchev–Trinajstić information content (AvgIpc) is 2.33. The van der Waals surface area contributed by atoms with Gasteiger partial charge in [-0.05, 0) is 4.08 Å². The molecular formula is C6H5IN2. The van der Waals surface area contributed by atoms with Crippen LogP contribution in [0.4, 0.5) is 0 Å². The molecule has 0 bridgehead atoms. The van der Waals surface area contributed by atoms with E-state index in [0.29, 0.717) is 0 Å². The Kier molecular flexibility index (Phi) is 1.22. The molecule has 0 spiro atoms. The molecule has 0 unspecified atom stereocenters. The third-order valence-corrected chi connectivity index (χ3v) is 2.80. The summed E-state index contributed by atoms with van der Waals surface area (Å²) in [4.78, 5) is 4.14. The number of rotatable bonds is 0. The van der Waals surface area contributed by atoms with Crippen molar-refractivity contribution in [3.8, 4) is 0 Å². The van der Waals surface area contributed by atoms with Gasteiger partial charge in [-0.2, -0.15) is 0 Å². The number of hydrogen-bond donors (Lipinski definition) is 0. The van der Waals surface area contributed by atoms with Crippen molar-refractivity contribution in [1.82, 2.24) is 9.55 Å². The molecule has 0 aromatic carbocycles. The van der Waals surface area contributed by atoms with Crippen LogP contribution in [0.3, 0.4) is 0 Å². The SMILES string of the molecule is C1=Cn2ccnc2C=I1. The van der Waals surface area contributed by atoms with Crippen molar-refractivity contribution >= 4 is 30.9 Å². The lowest BCUT2D eigenvalue weighted by atomic mass is 10.7. The van der Waals surface area contributed by atoms with Crippen LogP contribution in [-0.2, 0) is 0 Å². The molecule has 3 heteroatoms. The van der Waals surface area contributed by atoms with Crippen molar-refractivity contribution in [1.29, 1.82) is 0 Å². The second-order valence-electron chi connectivity index (χ2n) is 1.70. The van der Waals surface area contributed by atoms with Crippen molar-refractivity contribution in [2.45, 2.75) is 0 Å². The van der Waals surface area contributed by atoms with Gasteiger partial charge in [-0.1, -0.05) is 20.7 Å². The Labute approximate surface area is 63.0 Å². The molecule has 0 saturated carbocycles. The molecule has 1 aliphatic heterocycles. The van der Waals surface area contributed by atoms with Crippen molar-refractivity contribution in [2.24, 2.45) is 0 Å². The Balaban J connectivity index is 2.68. The third-order valence-electron chi connectivity index (χ3n) is 1.15. The van der Waals surface area contributed by atoms with E-state index in [-0.39, 0.29) is 20.7 Å². The Hall–Kier alpha value is -0.450. The molecule has 9 heavy (non-hydrogen) atoms. The van der Waals surface area contributed by atoms with E-state index in [1.54, 1.807) is 0 Å². The predicted octanol–water partition coefficient (Wildman–Crippen LogP) is 1.45. The first-order chi connectivity index (χ1) is 4.47. The number of fused-ring (bicyclic) bond motifs is 1. The lowest BCUT2D eigenvalue weighted by Crippen LogP contribution is -1.93. The summed E-state index contributed by atoms with van der Waals surface area (Å²) in [5.74, 6) is 1.10. The van der Waals surface area contributed by atoms with Crippen LogP contribution in [0.5, 0.6) is 0 Å². The molecule has 46 valence electrons. The second kappa shape index (κ2) is 2.06. The maximum absolute atomic E-state index is 4.14. The summed E-state index contributed by atoms with van der Waals surface area (Å²) in [6.45, 7) is 0. The molecule has 1 aromatic rings. The maximum Gasteiger partial charge on any atom is 0.142 e. The molecule has 2 nitrogen and oxygen atoms in total. The zero-order valence-corrected chi connectivity index (χ0v) is 6.82. The van der Waals surface area contributed by atoms with Crippen LogP contribution in [0.1, 0.15) is 5.82 Å². The van der Waals surface area contributed by atoms with Gasteiger partial charge in [0.05, 0.1) is 0 Å².